The van der Waals surface area contributed by atoms with Crippen LogP contribution in [0.3, 0.4) is 0 Å². The summed E-state index contributed by atoms with van der Waals surface area (Å²) in [6.45, 7) is 0. The van der Waals surface area contributed by atoms with Crippen LogP contribution in [0.15, 0.2) is 65.6 Å². The maximum Gasteiger partial charge on any atom is 0.264 e. The maximum absolute atomic E-state index is 14.9. The SMILES string of the molecule is COc1c(F)cc2ccccc2c1-c1c(S(=O)(=O)Cl)c(F)cc2ccccc12. The predicted octanol–water partition coefficient (Wildman–Crippen LogP) is 5.87. The number of fused-ring (bicyclic) bond motifs is 2. The van der Waals surface area contributed by atoms with Gasteiger partial charge in [0.1, 0.15) is 10.7 Å². The Kier molecular flexibility index (Phi) is 4.48. The van der Waals surface area contributed by atoms with Gasteiger partial charge in [-0.15, -0.1) is 0 Å². The molecule has 7 heteroatoms. The lowest BCUT2D eigenvalue weighted by Gasteiger charge is -2.18. The molecule has 0 spiro atoms. The highest BCUT2D eigenvalue weighted by Gasteiger charge is 2.29. The minimum Gasteiger partial charge on any atom is -0.493 e. The fraction of sp³-hybridized carbons (Fsp3) is 0.0476. The van der Waals surface area contributed by atoms with Gasteiger partial charge in [0.2, 0.25) is 0 Å². The molecule has 0 fully saturated rings. The number of methoxy groups -OCH3 is 1. The molecule has 0 bridgehead atoms. The van der Waals surface area contributed by atoms with Crippen LogP contribution in [-0.4, -0.2) is 15.5 Å². The fourth-order valence-corrected chi connectivity index (χ4v) is 4.72. The molecule has 0 unspecified atom stereocenters. The van der Waals surface area contributed by atoms with E-state index >= 15 is 0 Å². The molecule has 0 aliphatic carbocycles. The summed E-state index contributed by atoms with van der Waals surface area (Å²) in [5, 5.41) is 1.90. The Morgan fingerprint density at radius 3 is 1.86 bits per heavy atom. The number of halogens is 3. The van der Waals surface area contributed by atoms with Gasteiger partial charge in [-0.25, -0.2) is 17.2 Å². The summed E-state index contributed by atoms with van der Waals surface area (Å²) in [6.07, 6.45) is 0. The van der Waals surface area contributed by atoms with Gasteiger partial charge >= 0.3 is 0 Å². The second kappa shape index (κ2) is 6.72. The first kappa shape index (κ1) is 18.7. The van der Waals surface area contributed by atoms with Crippen molar-refractivity contribution in [3.8, 4) is 16.9 Å². The summed E-state index contributed by atoms with van der Waals surface area (Å²) in [6, 6.07) is 15.9. The van der Waals surface area contributed by atoms with Crippen molar-refractivity contribution in [1.82, 2.24) is 0 Å². The third kappa shape index (κ3) is 2.89. The standard InChI is InChI=1S/C21H13ClF2O3S/c1-27-20-16(23)10-12-6-2-4-8-14(12)18(20)19-15-9-5-3-7-13(15)11-17(24)21(19)28(22,25)26/h2-11H,1H3. The van der Waals surface area contributed by atoms with Crippen molar-refractivity contribution in [2.75, 3.05) is 7.11 Å². The number of benzene rings is 4. The number of rotatable bonds is 3. The summed E-state index contributed by atoms with van der Waals surface area (Å²) in [7, 11) is 2.38. The first-order valence-corrected chi connectivity index (χ1v) is 10.6. The van der Waals surface area contributed by atoms with E-state index in [1.807, 2.05) is 0 Å². The maximum atomic E-state index is 14.9. The zero-order chi connectivity index (χ0) is 20.1. The lowest BCUT2D eigenvalue weighted by atomic mass is 9.92. The number of ether oxygens (including phenoxy) is 1. The van der Waals surface area contributed by atoms with Gasteiger partial charge in [-0.05, 0) is 33.7 Å². The minimum absolute atomic E-state index is 0.0295. The Bertz CT molecular complexity index is 1350. The van der Waals surface area contributed by atoms with E-state index in [9.17, 15) is 17.2 Å². The van der Waals surface area contributed by atoms with Crippen LogP contribution in [0.2, 0.25) is 0 Å². The van der Waals surface area contributed by atoms with Gasteiger partial charge in [-0.2, -0.15) is 0 Å². The molecule has 3 nitrogen and oxygen atoms in total. The highest BCUT2D eigenvalue weighted by atomic mass is 35.7. The molecule has 4 aromatic rings. The van der Waals surface area contributed by atoms with E-state index < -0.39 is 25.6 Å². The van der Waals surface area contributed by atoms with Gasteiger partial charge in [0.05, 0.1) is 7.11 Å². The smallest absolute Gasteiger partial charge is 0.264 e. The van der Waals surface area contributed by atoms with E-state index in [2.05, 4.69) is 0 Å². The van der Waals surface area contributed by atoms with Crippen LogP contribution in [0.1, 0.15) is 0 Å². The molecule has 28 heavy (non-hydrogen) atoms. The van der Waals surface area contributed by atoms with Crippen molar-refractivity contribution in [1.29, 1.82) is 0 Å². The Hall–Kier alpha value is -2.70. The lowest BCUT2D eigenvalue weighted by molar-refractivity contribution is 0.389. The summed E-state index contributed by atoms with van der Waals surface area (Å²) in [5.41, 5.74) is 0.103. The largest absolute Gasteiger partial charge is 0.493 e. The van der Waals surface area contributed by atoms with E-state index in [0.717, 1.165) is 6.07 Å². The second-order valence-electron chi connectivity index (χ2n) is 6.21. The minimum atomic E-state index is -4.49. The van der Waals surface area contributed by atoms with Crippen molar-refractivity contribution in [3.63, 3.8) is 0 Å². The molecule has 0 amide bonds. The van der Waals surface area contributed by atoms with E-state index in [0.29, 0.717) is 21.5 Å². The van der Waals surface area contributed by atoms with Crippen molar-refractivity contribution >= 4 is 41.3 Å². The zero-order valence-corrected chi connectivity index (χ0v) is 16.1. The van der Waals surface area contributed by atoms with E-state index in [1.165, 1.54) is 13.2 Å². The van der Waals surface area contributed by atoms with E-state index in [4.69, 9.17) is 15.4 Å². The fourth-order valence-electron chi connectivity index (χ4n) is 3.52. The molecular formula is C21H13ClF2O3S. The molecule has 0 heterocycles. The summed E-state index contributed by atoms with van der Waals surface area (Å²) in [5.74, 6) is -1.89. The van der Waals surface area contributed by atoms with Gasteiger partial charge in [-0.1, -0.05) is 48.5 Å². The van der Waals surface area contributed by atoms with Crippen molar-refractivity contribution < 1.29 is 21.9 Å². The molecule has 4 aromatic carbocycles. The first-order chi connectivity index (χ1) is 13.3. The Morgan fingerprint density at radius 1 is 0.821 bits per heavy atom. The molecule has 0 aromatic heterocycles. The Morgan fingerprint density at radius 2 is 1.32 bits per heavy atom. The van der Waals surface area contributed by atoms with Crippen LogP contribution >= 0.6 is 10.7 Å². The quantitative estimate of drug-likeness (QED) is 0.390. The van der Waals surface area contributed by atoms with Crippen LogP contribution in [0.5, 0.6) is 5.75 Å². The van der Waals surface area contributed by atoms with Crippen LogP contribution in [0.4, 0.5) is 8.78 Å². The van der Waals surface area contributed by atoms with E-state index in [-0.39, 0.29) is 16.9 Å². The van der Waals surface area contributed by atoms with Crippen LogP contribution in [0, 0.1) is 11.6 Å². The molecule has 0 radical (unpaired) electrons. The van der Waals surface area contributed by atoms with Gasteiger partial charge < -0.3 is 4.74 Å². The normalized spacial score (nSPS) is 11.9. The predicted molar refractivity (Wildman–Crippen MR) is 106 cm³/mol. The topological polar surface area (TPSA) is 43.4 Å². The molecule has 0 aliphatic rings. The van der Waals surface area contributed by atoms with E-state index in [1.54, 1.807) is 48.5 Å². The lowest BCUT2D eigenvalue weighted by Crippen LogP contribution is -2.03. The van der Waals surface area contributed by atoms with Crippen molar-refractivity contribution in [2.45, 2.75) is 4.90 Å². The summed E-state index contributed by atoms with van der Waals surface area (Å²) >= 11 is 0. The van der Waals surface area contributed by atoms with Gasteiger partial charge in [0.25, 0.3) is 9.05 Å². The number of hydrogen-bond acceptors (Lipinski definition) is 3. The average molecular weight is 419 g/mol. The van der Waals surface area contributed by atoms with Crippen molar-refractivity contribution in [2.24, 2.45) is 0 Å². The van der Waals surface area contributed by atoms with Crippen LogP contribution < -0.4 is 4.74 Å². The Labute approximate surface area is 164 Å². The Balaban J connectivity index is 2.35. The zero-order valence-electron chi connectivity index (χ0n) is 14.5. The number of hydrogen-bond donors (Lipinski definition) is 0. The molecule has 0 saturated heterocycles. The first-order valence-electron chi connectivity index (χ1n) is 8.24. The van der Waals surface area contributed by atoms with Crippen LogP contribution in [-0.2, 0) is 9.05 Å². The molecule has 4 rings (SSSR count). The van der Waals surface area contributed by atoms with Gasteiger partial charge in [0.15, 0.2) is 11.6 Å². The van der Waals surface area contributed by atoms with Gasteiger partial charge in [0, 0.05) is 21.8 Å². The molecule has 0 atom stereocenters. The third-order valence-corrected chi connectivity index (χ3v) is 5.96. The highest BCUT2D eigenvalue weighted by molar-refractivity contribution is 8.13. The summed E-state index contributed by atoms with van der Waals surface area (Å²) in [4.78, 5) is -0.707. The summed E-state index contributed by atoms with van der Waals surface area (Å²) < 4.78 is 59.6. The second-order valence-corrected chi connectivity index (χ2v) is 8.71. The van der Waals surface area contributed by atoms with Crippen molar-refractivity contribution in [3.05, 3.63) is 72.3 Å². The molecule has 0 aliphatic heterocycles. The molecule has 0 saturated carbocycles. The third-order valence-electron chi connectivity index (χ3n) is 4.61. The van der Waals surface area contributed by atoms with Gasteiger partial charge in [-0.3, -0.25) is 0 Å². The van der Waals surface area contributed by atoms with Crippen LogP contribution in [0.25, 0.3) is 32.7 Å². The molecular weight excluding hydrogens is 406 g/mol. The highest BCUT2D eigenvalue weighted by Crippen LogP contribution is 2.46. The monoisotopic (exact) mass is 418 g/mol. The molecule has 0 N–H and O–H groups in total. The molecule has 142 valence electrons. The average Bonchev–Trinajstić information content (AvgIpc) is 2.65.